The number of carbonyl (C=O) groups is 2. The van der Waals surface area contributed by atoms with Crippen LogP contribution in [0.15, 0.2) is 70.0 Å². The number of carboxylic acid groups (broad SMARTS) is 1. The van der Waals surface area contributed by atoms with Crippen LogP contribution in [0.5, 0.6) is 0 Å². The van der Waals surface area contributed by atoms with E-state index in [9.17, 15) is 23.1 Å². The Morgan fingerprint density at radius 1 is 0.958 bits per heavy atom. The summed E-state index contributed by atoms with van der Waals surface area (Å²) in [4.78, 5) is 22.4. The highest BCUT2D eigenvalue weighted by Crippen LogP contribution is 2.20. The van der Waals surface area contributed by atoms with Gasteiger partial charge in [0.05, 0.1) is 16.6 Å². The van der Waals surface area contributed by atoms with Gasteiger partial charge in [0.2, 0.25) is 0 Å². The fourth-order valence-corrected chi connectivity index (χ4v) is 3.35. The molecule has 1 aliphatic rings. The van der Waals surface area contributed by atoms with Gasteiger partial charge in [-0.05, 0) is 29.8 Å². The Morgan fingerprint density at radius 3 is 2.38 bits per heavy atom. The molecule has 0 saturated heterocycles. The smallest absolute Gasteiger partial charge is 0.282 e. The summed E-state index contributed by atoms with van der Waals surface area (Å²) < 4.78 is 28.6. The van der Waals surface area contributed by atoms with Gasteiger partial charge in [0, 0.05) is 11.1 Å². The summed E-state index contributed by atoms with van der Waals surface area (Å²) in [6, 6.07) is 11.3. The van der Waals surface area contributed by atoms with Gasteiger partial charge in [0.25, 0.3) is 10.0 Å². The molecule has 0 bridgehead atoms. The average Bonchev–Trinajstić information content (AvgIpc) is 2.58. The van der Waals surface area contributed by atoms with Gasteiger partial charge in [0.1, 0.15) is 0 Å². The van der Waals surface area contributed by atoms with Crippen molar-refractivity contribution in [3.8, 4) is 0 Å². The summed E-state index contributed by atoms with van der Waals surface area (Å²) >= 11 is 0. The van der Waals surface area contributed by atoms with Crippen molar-refractivity contribution in [2.24, 2.45) is 4.40 Å². The van der Waals surface area contributed by atoms with E-state index in [1.165, 1.54) is 30.4 Å². The minimum Gasteiger partial charge on any atom is -0.545 e. The first-order valence-electron chi connectivity index (χ1n) is 6.87. The van der Waals surface area contributed by atoms with E-state index in [0.717, 1.165) is 6.07 Å². The number of allylic oxidation sites excluding steroid dienone is 2. The van der Waals surface area contributed by atoms with Crippen molar-refractivity contribution in [2.75, 3.05) is 0 Å². The molecule has 0 N–H and O–H groups in total. The SMILES string of the molecule is O=C([O-])c1cccc(S(=O)(=O)N=C2C=CC(=O)c3ccccc32)c1. The lowest BCUT2D eigenvalue weighted by atomic mass is 9.95. The molecule has 0 aromatic heterocycles. The number of carbonyl (C=O) groups excluding carboxylic acids is 2. The minimum atomic E-state index is -4.14. The van der Waals surface area contributed by atoms with Gasteiger partial charge < -0.3 is 9.90 Å². The van der Waals surface area contributed by atoms with Crippen LogP contribution in [0.4, 0.5) is 0 Å². The summed E-state index contributed by atoms with van der Waals surface area (Å²) in [7, 11) is -4.14. The molecule has 24 heavy (non-hydrogen) atoms. The van der Waals surface area contributed by atoms with Crippen molar-refractivity contribution in [3.63, 3.8) is 0 Å². The van der Waals surface area contributed by atoms with Gasteiger partial charge in [-0.15, -0.1) is 0 Å². The van der Waals surface area contributed by atoms with Crippen molar-refractivity contribution in [3.05, 3.63) is 77.4 Å². The van der Waals surface area contributed by atoms with E-state index >= 15 is 0 Å². The fraction of sp³-hybridized carbons (Fsp3) is 0. The molecule has 1 aliphatic carbocycles. The van der Waals surface area contributed by atoms with Gasteiger partial charge in [0.15, 0.2) is 5.78 Å². The molecule has 0 spiro atoms. The molecule has 0 radical (unpaired) electrons. The Bertz CT molecular complexity index is 1020. The van der Waals surface area contributed by atoms with Gasteiger partial charge in [-0.2, -0.15) is 12.8 Å². The molecule has 0 heterocycles. The van der Waals surface area contributed by atoms with Crippen LogP contribution >= 0.6 is 0 Å². The Morgan fingerprint density at radius 2 is 1.67 bits per heavy atom. The number of carboxylic acids is 1. The maximum absolute atomic E-state index is 12.4. The molecule has 2 aromatic rings. The quantitative estimate of drug-likeness (QED) is 0.828. The molecule has 0 amide bonds. The van der Waals surface area contributed by atoms with E-state index in [4.69, 9.17) is 0 Å². The van der Waals surface area contributed by atoms with Crippen LogP contribution in [0.1, 0.15) is 26.3 Å². The minimum absolute atomic E-state index is 0.115. The van der Waals surface area contributed by atoms with E-state index in [0.29, 0.717) is 11.1 Å². The summed E-state index contributed by atoms with van der Waals surface area (Å²) in [5, 5.41) is 10.9. The van der Waals surface area contributed by atoms with Crippen LogP contribution in [0.3, 0.4) is 0 Å². The predicted molar refractivity (Wildman–Crippen MR) is 84.4 cm³/mol. The molecule has 2 aromatic carbocycles. The second-order valence-electron chi connectivity index (χ2n) is 5.01. The number of rotatable bonds is 3. The van der Waals surface area contributed by atoms with Crippen molar-refractivity contribution in [1.82, 2.24) is 0 Å². The Balaban J connectivity index is 2.11. The van der Waals surface area contributed by atoms with Crippen molar-refractivity contribution < 1.29 is 23.1 Å². The van der Waals surface area contributed by atoms with Gasteiger partial charge >= 0.3 is 0 Å². The third-order valence-electron chi connectivity index (χ3n) is 3.45. The maximum atomic E-state index is 12.4. The van der Waals surface area contributed by atoms with Crippen molar-refractivity contribution in [2.45, 2.75) is 4.90 Å². The number of nitrogens with zero attached hydrogens (tertiary/aromatic N) is 1. The fourth-order valence-electron chi connectivity index (χ4n) is 2.30. The third-order valence-corrected chi connectivity index (χ3v) is 4.73. The van der Waals surface area contributed by atoms with Crippen molar-refractivity contribution in [1.29, 1.82) is 0 Å². The van der Waals surface area contributed by atoms with Gasteiger partial charge in [-0.3, -0.25) is 4.79 Å². The molecule has 0 saturated carbocycles. The second kappa shape index (κ2) is 5.86. The molecule has 0 fully saturated rings. The molecular weight excluding hydrogens is 330 g/mol. The molecule has 7 heteroatoms. The Labute approximate surface area is 137 Å². The lowest BCUT2D eigenvalue weighted by Gasteiger charge is -2.12. The predicted octanol–water partition coefficient (Wildman–Crippen LogP) is 0.981. The zero-order valence-electron chi connectivity index (χ0n) is 12.2. The summed E-state index contributed by atoms with van der Waals surface area (Å²) in [5.74, 6) is -1.71. The summed E-state index contributed by atoms with van der Waals surface area (Å²) in [6.45, 7) is 0. The number of fused-ring (bicyclic) bond motifs is 1. The molecule has 3 rings (SSSR count). The van der Waals surface area contributed by atoms with Crippen LogP contribution in [-0.4, -0.2) is 25.9 Å². The first-order chi connectivity index (χ1) is 11.4. The van der Waals surface area contributed by atoms with Crippen LogP contribution < -0.4 is 5.11 Å². The summed E-state index contributed by atoms with van der Waals surface area (Å²) in [5.41, 5.74) is 0.622. The topological polar surface area (TPSA) is 104 Å². The number of sulfonamides is 1. The number of benzene rings is 2. The van der Waals surface area contributed by atoms with Crippen LogP contribution in [0.2, 0.25) is 0 Å². The zero-order valence-corrected chi connectivity index (χ0v) is 13.0. The molecule has 0 atom stereocenters. The highest BCUT2D eigenvalue weighted by atomic mass is 32.2. The highest BCUT2D eigenvalue weighted by Gasteiger charge is 2.20. The molecule has 6 nitrogen and oxygen atoms in total. The number of hydrogen-bond donors (Lipinski definition) is 0. The van der Waals surface area contributed by atoms with E-state index < -0.39 is 16.0 Å². The van der Waals surface area contributed by atoms with E-state index in [1.807, 2.05) is 0 Å². The first kappa shape index (κ1) is 15.8. The van der Waals surface area contributed by atoms with Crippen LogP contribution in [-0.2, 0) is 10.0 Å². The first-order valence-corrected chi connectivity index (χ1v) is 8.31. The average molecular weight is 340 g/mol. The molecule has 0 aliphatic heterocycles. The standard InChI is InChI=1S/C17H11NO5S/c19-16-9-8-15(13-6-1-2-7-14(13)16)18-24(22,23)12-5-3-4-11(10-12)17(20)21/h1-10H,(H,20,21)/p-1. The largest absolute Gasteiger partial charge is 0.545 e. The Kier molecular flexibility index (Phi) is 3.86. The number of ketones is 1. The normalized spacial score (nSPS) is 15.3. The number of hydrogen-bond acceptors (Lipinski definition) is 5. The van der Waals surface area contributed by atoms with Gasteiger partial charge in [-0.25, -0.2) is 0 Å². The van der Waals surface area contributed by atoms with Crippen LogP contribution in [0.25, 0.3) is 0 Å². The van der Waals surface area contributed by atoms with Crippen LogP contribution in [0, 0.1) is 0 Å². The Hall–Kier alpha value is -3.06. The summed E-state index contributed by atoms with van der Waals surface area (Å²) in [6.07, 6.45) is 2.57. The van der Waals surface area contributed by atoms with E-state index in [1.54, 1.807) is 24.3 Å². The lowest BCUT2D eigenvalue weighted by Crippen LogP contribution is -2.22. The van der Waals surface area contributed by atoms with Crippen molar-refractivity contribution >= 4 is 27.5 Å². The zero-order chi connectivity index (χ0) is 17.3. The number of aromatic carboxylic acids is 1. The molecule has 0 unspecified atom stereocenters. The highest BCUT2D eigenvalue weighted by molar-refractivity contribution is 7.90. The molecular formula is C17H10NO5S-. The van der Waals surface area contributed by atoms with E-state index in [-0.39, 0.29) is 22.0 Å². The second-order valence-corrected chi connectivity index (χ2v) is 6.61. The third kappa shape index (κ3) is 2.89. The van der Waals surface area contributed by atoms with Gasteiger partial charge in [-0.1, -0.05) is 36.4 Å². The monoisotopic (exact) mass is 340 g/mol. The maximum Gasteiger partial charge on any atom is 0.282 e. The van der Waals surface area contributed by atoms with E-state index in [2.05, 4.69) is 4.40 Å². The molecule has 120 valence electrons. The lowest BCUT2D eigenvalue weighted by molar-refractivity contribution is -0.255.